The van der Waals surface area contributed by atoms with Crippen LogP contribution < -0.4 is 5.32 Å². The van der Waals surface area contributed by atoms with Crippen molar-refractivity contribution in [2.45, 2.75) is 12.7 Å². The molecular weight excluding hydrogens is 245 g/mol. The molecule has 18 heavy (non-hydrogen) atoms. The van der Waals surface area contributed by atoms with Crippen molar-refractivity contribution in [2.24, 2.45) is 0 Å². The molecule has 0 heterocycles. The van der Waals surface area contributed by atoms with Crippen molar-refractivity contribution in [1.29, 1.82) is 5.41 Å². The summed E-state index contributed by atoms with van der Waals surface area (Å²) in [5.74, 6) is 0. The van der Waals surface area contributed by atoms with Crippen LogP contribution in [0.15, 0.2) is 18.2 Å². The Bertz CT molecular complexity index is 405. The first-order valence-electron chi connectivity index (χ1n) is 5.39. The van der Waals surface area contributed by atoms with Crippen LogP contribution >= 0.6 is 0 Å². The first kappa shape index (κ1) is 14.7. The summed E-state index contributed by atoms with van der Waals surface area (Å²) in [4.78, 5) is 0. The number of alkyl halides is 3. The van der Waals surface area contributed by atoms with Crippen LogP contribution in [-0.2, 0) is 17.5 Å². The van der Waals surface area contributed by atoms with Crippen molar-refractivity contribution in [1.82, 2.24) is 5.32 Å². The zero-order chi connectivity index (χ0) is 13.6. The summed E-state index contributed by atoms with van der Waals surface area (Å²) >= 11 is 0. The summed E-state index contributed by atoms with van der Waals surface area (Å²) in [6.45, 7) is 1.61. The molecule has 1 aromatic carbocycles. The van der Waals surface area contributed by atoms with Gasteiger partial charge in [-0.3, -0.25) is 0 Å². The summed E-state index contributed by atoms with van der Waals surface area (Å²) in [6, 6.07) is 3.79. The quantitative estimate of drug-likeness (QED) is 0.609. The molecule has 0 radical (unpaired) electrons. The van der Waals surface area contributed by atoms with Gasteiger partial charge in [0.05, 0.1) is 12.2 Å². The number of halogens is 3. The van der Waals surface area contributed by atoms with Gasteiger partial charge >= 0.3 is 6.18 Å². The Morgan fingerprint density at radius 1 is 1.39 bits per heavy atom. The molecule has 0 aliphatic heterocycles. The van der Waals surface area contributed by atoms with Gasteiger partial charge in [-0.25, -0.2) is 0 Å². The topological polar surface area (TPSA) is 45.1 Å². The first-order valence-corrected chi connectivity index (χ1v) is 5.39. The van der Waals surface area contributed by atoms with E-state index in [-0.39, 0.29) is 5.56 Å². The van der Waals surface area contributed by atoms with Gasteiger partial charge in [-0.05, 0) is 17.7 Å². The van der Waals surface area contributed by atoms with Crippen molar-refractivity contribution in [3.63, 3.8) is 0 Å². The molecular formula is C12H15F3N2O. The highest BCUT2D eigenvalue weighted by Crippen LogP contribution is 2.31. The van der Waals surface area contributed by atoms with E-state index in [0.29, 0.717) is 25.3 Å². The molecule has 0 unspecified atom stereocenters. The molecule has 0 atom stereocenters. The summed E-state index contributed by atoms with van der Waals surface area (Å²) < 4.78 is 42.6. The fourth-order valence-electron chi connectivity index (χ4n) is 1.51. The van der Waals surface area contributed by atoms with Crippen LogP contribution in [0.2, 0.25) is 0 Å². The highest BCUT2D eigenvalue weighted by molar-refractivity contribution is 5.80. The Hall–Kier alpha value is -1.40. The molecule has 0 fully saturated rings. The molecule has 0 saturated carbocycles. The van der Waals surface area contributed by atoms with Crippen LogP contribution in [0.1, 0.15) is 16.7 Å². The lowest BCUT2D eigenvalue weighted by atomic mass is 10.0. The fraction of sp³-hybridized carbons (Fsp3) is 0.417. The molecule has 2 N–H and O–H groups in total. The van der Waals surface area contributed by atoms with Gasteiger partial charge < -0.3 is 15.5 Å². The molecule has 0 aliphatic rings. The van der Waals surface area contributed by atoms with Gasteiger partial charge in [0.2, 0.25) is 0 Å². The number of rotatable bonds is 6. The smallest absolute Gasteiger partial charge is 0.383 e. The minimum absolute atomic E-state index is 0.117. The lowest BCUT2D eigenvalue weighted by Crippen LogP contribution is -2.19. The van der Waals surface area contributed by atoms with Gasteiger partial charge in [-0.15, -0.1) is 0 Å². The molecule has 1 rings (SSSR count). The average Bonchev–Trinajstić information content (AvgIpc) is 2.33. The molecule has 0 saturated heterocycles. The minimum atomic E-state index is -4.42. The number of nitrogens with one attached hydrogen (secondary N) is 2. The van der Waals surface area contributed by atoms with Gasteiger partial charge in [0.25, 0.3) is 0 Å². The van der Waals surface area contributed by atoms with Crippen LogP contribution in [0, 0.1) is 5.41 Å². The Balaban J connectivity index is 2.76. The SMILES string of the molecule is COCCNCc1ccc(C(F)(F)F)c(C=N)c1. The summed E-state index contributed by atoms with van der Waals surface area (Å²) in [6.07, 6.45) is -3.70. The minimum Gasteiger partial charge on any atom is -0.383 e. The van der Waals surface area contributed by atoms with E-state index in [1.807, 2.05) is 0 Å². The van der Waals surface area contributed by atoms with E-state index in [1.54, 1.807) is 7.11 Å². The number of methoxy groups -OCH3 is 1. The second-order valence-electron chi connectivity index (χ2n) is 3.73. The van der Waals surface area contributed by atoms with Crippen molar-refractivity contribution in [3.8, 4) is 0 Å². The molecule has 0 aromatic heterocycles. The van der Waals surface area contributed by atoms with Crippen LogP contribution in [0.4, 0.5) is 13.2 Å². The summed E-state index contributed by atoms with van der Waals surface area (Å²) in [5, 5.41) is 10.1. The van der Waals surface area contributed by atoms with Crippen molar-refractivity contribution in [2.75, 3.05) is 20.3 Å². The molecule has 0 bridgehead atoms. The molecule has 1 aromatic rings. The van der Waals surface area contributed by atoms with Crippen LogP contribution in [-0.4, -0.2) is 26.5 Å². The van der Waals surface area contributed by atoms with Crippen LogP contribution in [0.3, 0.4) is 0 Å². The highest BCUT2D eigenvalue weighted by atomic mass is 19.4. The second-order valence-corrected chi connectivity index (χ2v) is 3.73. The standard InChI is InChI=1S/C12H15F3N2O/c1-18-5-4-17-8-9-2-3-11(12(13,14)15)10(6-9)7-16/h2-3,6-7,16-17H,4-5,8H2,1H3. The van der Waals surface area contributed by atoms with E-state index in [9.17, 15) is 13.2 Å². The molecule has 3 nitrogen and oxygen atoms in total. The molecule has 0 spiro atoms. The average molecular weight is 260 g/mol. The normalized spacial score (nSPS) is 11.6. The molecule has 0 aliphatic carbocycles. The van der Waals surface area contributed by atoms with Crippen LogP contribution in [0.25, 0.3) is 0 Å². The van der Waals surface area contributed by atoms with Crippen LogP contribution in [0.5, 0.6) is 0 Å². The number of benzene rings is 1. The van der Waals surface area contributed by atoms with Gasteiger partial charge in [0.1, 0.15) is 0 Å². The van der Waals surface area contributed by atoms with E-state index in [0.717, 1.165) is 12.3 Å². The summed E-state index contributed by atoms with van der Waals surface area (Å²) in [5.41, 5.74) is -0.190. The predicted molar refractivity (Wildman–Crippen MR) is 62.9 cm³/mol. The van der Waals surface area contributed by atoms with Gasteiger partial charge in [-0.2, -0.15) is 13.2 Å². The highest BCUT2D eigenvalue weighted by Gasteiger charge is 2.32. The lowest BCUT2D eigenvalue weighted by molar-refractivity contribution is -0.137. The van der Waals surface area contributed by atoms with Crippen molar-refractivity contribution in [3.05, 3.63) is 34.9 Å². The maximum Gasteiger partial charge on any atom is 0.417 e. The van der Waals surface area contributed by atoms with E-state index < -0.39 is 11.7 Å². The molecule has 0 amide bonds. The Morgan fingerprint density at radius 3 is 2.67 bits per heavy atom. The maximum absolute atomic E-state index is 12.6. The second kappa shape index (κ2) is 6.51. The fourth-order valence-corrected chi connectivity index (χ4v) is 1.51. The number of hydrogen-bond donors (Lipinski definition) is 2. The van der Waals surface area contributed by atoms with Gasteiger partial charge in [0.15, 0.2) is 0 Å². The molecule has 6 heteroatoms. The third kappa shape index (κ3) is 4.12. The first-order chi connectivity index (χ1) is 8.49. The van der Waals surface area contributed by atoms with E-state index in [1.165, 1.54) is 12.1 Å². The third-order valence-corrected chi connectivity index (χ3v) is 2.39. The summed E-state index contributed by atoms with van der Waals surface area (Å²) in [7, 11) is 1.58. The molecule has 100 valence electrons. The maximum atomic E-state index is 12.6. The zero-order valence-electron chi connectivity index (χ0n) is 9.97. The largest absolute Gasteiger partial charge is 0.417 e. The van der Waals surface area contributed by atoms with Gasteiger partial charge in [0, 0.05) is 32.0 Å². The van der Waals surface area contributed by atoms with E-state index in [4.69, 9.17) is 10.1 Å². The van der Waals surface area contributed by atoms with E-state index in [2.05, 4.69) is 5.32 Å². The monoisotopic (exact) mass is 260 g/mol. The van der Waals surface area contributed by atoms with Crippen molar-refractivity contribution < 1.29 is 17.9 Å². The zero-order valence-corrected chi connectivity index (χ0v) is 9.97. The lowest BCUT2D eigenvalue weighted by Gasteiger charge is -2.12. The van der Waals surface area contributed by atoms with Gasteiger partial charge in [-0.1, -0.05) is 6.07 Å². The predicted octanol–water partition coefficient (Wildman–Crippen LogP) is 2.44. The Kier molecular flexibility index (Phi) is 5.30. The Morgan fingerprint density at radius 2 is 2.11 bits per heavy atom. The Labute approximate surface area is 103 Å². The number of hydrogen-bond acceptors (Lipinski definition) is 3. The van der Waals surface area contributed by atoms with E-state index >= 15 is 0 Å². The van der Waals surface area contributed by atoms with Crippen molar-refractivity contribution >= 4 is 6.21 Å². The third-order valence-electron chi connectivity index (χ3n) is 2.39. The number of ether oxygens (including phenoxy) is 1.